The molecular weight excluding hydrogens is 386 g/mol. The van der Waals surface area contributed by atoms with Crippen LogP contribution in [-0.2, 0) is 10.3 Å². The summed E-state index contributed by atoms with van der Waals surface area (Å²) in [5.41, 5.74) is 2.37. The standard InChI is InChI=1S/C26H25N3O2/c1-26(23-13-7-11-21-10-5-6-12-22(21)23)24(30)29(25(31)27-26)18-28-16-14-20(15-17-28)19-8-3-2-4-9-19/h2-14H,15-18H2,1H3,(H,27,31)/p+1/t26-/m0/s1. The zero-order valence-electron chi connectivity index (χ0n) is 17.6. The molecule has 5 rings (SSSR count). The lowest BCUT2D eigenvalue weighted by Crippen LogP contribution is -3.14. The molecule has 1 unspecified atom stereocenters. The van der Waals surface area contributed by atoms with Gasteiger partial charge in [-0.05, 0) is 40.5 Å². The fourth-order valence-electron chi connectivity index (χ4n) is 4.75. The summed E-state index contributed by atoms with van der Waals surface area (Å²) in [6.45, 7) is 3.88. The van der Waals surface area contributed by atoms with E-state index >= 15 is 0 Å². The van der Waals surface area contributed by atoms with Crippen molar-refractivity contribution in [2.24, 2.45) is 0 Å². The quantitative estimate of drug-likeness (QED) is 0.648. The zero-order valence-corrected chi connectivity index (χ0v) is 17.6. The minimum atomic E-state index is -1.06. The third-order valence-electron chi connectivity index (χ3n) is 6.51. The first-order valence-corrected chi connectivity index (χ1v) is 10.8. The molecule has 2 aliphatic rings. The molecule has 31 heavy (non-hydrogen) atoms. The van der Waals surface area contributed by atoms with Gasteiger partial charge in [0, 0.05) is 6.42 Å². The second-order valence-electron chi connectivity index (χ2n) is 8.52. The highest BCUT2D eigenvalue weighted by Gasteiger charge is 2.50. The average molecular weight is 413 g/mol. The Kier molecular flexibility index (Phi) is 4.83. The number of nitrogens with one attached hydrogen (secondary N) is 2. The van der Waals surface area contributed by atoms with E-state index < -0.39 is 5.54 Å². The number of fused-ring (bicyclic) bond motifs is 1. The first-order chi connectivity index (χ1) is 15.1. The first kappa shape index (κ1) is 19.5. The number of carbonyl (C=O) groups excluding carboxylic acids is 2. The topological polar surface area (TPSA) is 53.9 Å². The van der Waals surface area contributed by atoms with Gasteiger partial charge in [-0.25, -0.2) is 9.69 Å². The average Bonchev–Trinajstić information content (AvgIpc) is 3.03. The molecule has 3 aromatic rings. The predicted octanol–water partition coefficient (Wildman–Crippen LogP) is 2.94. The minimum Gasteiger partial charge on any atom is -0.319 e. The van der Waals surface area contributed by atoms with E-state index in [-0.39, 0.29) is 11.9 Å². The lowest BCUT2D eigenvalue weighted by Gasteiger charge is -2.27. The van der Waals surface area contributed by atoms with E-state index in [4.69, 9.17) is 0 Å². The first-order valence-electron chi connectivity index (χ1n) is 10.8. The molecule has 0 aromatic heterocycles. The van der Waals surface area contributed by atoms with Crippen LogP contribution in [0.15, 0.2) is 78.9 Å². The van der Waals surface area contributed by atoms with Crippen LogP contribution < -0.4 is 10.2 Å². The number of urea groups is 1. The van der Waals surface area contributed by atoms with Gasteiger partial charge >= 0.3 is 6.03 Å². The van der Waals surface area contributed by atoms with Crippen LogP contribution in [0.3, 0.4) is 0 Å². The van der Waals surface area contributed by atoms with Crippen LogP contribution in [0, 0.1) is 0 Å². The van der Waals surface area contributed by atoms with Gasteiger partial charge in [-0.2, -0.15) is 0 Å². The van der Waals surface area contributed by atoms with Gasteiger partial charge in [0.05, 0.1) is 13.1 Å². The number of hydrogen-bond acceptors (Lipinski definition) is 2. The minimum absolute atomic E-state index is 0.181. The Bertz CT molecular complexity index is 1180. The largest absolute Gasteiger partial charge is 0.329 e. The summed E-state index contributed by atoms with van der Waals surface area (Å²) in [6, 6.07) is 23.9. The van der Waals surface area contributed by atoms with Crippen LogP contribution in [0.2, 0.25) is 0 Å². The fraction of sp³-hybridized carbons (Fsp3) is 0.231. The Balaban J connectivity index is 1.36. The van der Waals surface area contributed by atoms with E-state index in [1.807, 2.05) is 55.5 Å². The van der Waals surface area contributed by atoms with E-state index in [2.05, 4.69) is 35.7 Å². The van der Waals surface area contributed by atoms with Crippen LogP contribution in [0.1, 0.15) is 24.5 Å². The van der Waals surface area contributed by atoms with Gasteiger partial charge in [-0.15, -0.1) is 0 Å². The highest BCUT2D eigenvalue weighted by atomic mass is 16.2. The van der Waals surface area contributed by atoms with Crippen molar-refractivity contribution >= 4 is 28.3 Å². The number of imide groups is 1. The van der Waals surface area contributed by atoms with Gasteiger partial charge in [-0.3, -0.25) is 4.79 Å². The normalized spacial score (nSPS) is 23.7. The SMILES string of the molecule is C[C@@]1(c2cccc3ccccc23)NC(=O)N(C[NH+]2CC=C(c3ccccc3)CC2)C1=O. The molecule has 2 N–H and O–H groups in total. The molecule has 0 saturated carbocycles. The molecule has 2 heterocycles. The van der Waals surface area contributed by atoms with Crippen LogP contribution in [0.25, 0.3) is 16.3 Å². The summed E-state index contributed by atoms with van der Waals surface area (Å²) < 4.78 is 0. The Morgan fingerprint density at radius 1 is 0.968 bits per heavy atom. The van der Waals surface area contributed by atoms with E-state index in [0.29, 0.717) is 6.67 Å². The van der Waals surface area contributed by atoms with Gasteiger partial charge in [0.2, 0.25) is 0 Å². The second kappa shape index (κ2) is 7.67. The maximum Gasteiger partial charge on any atom is 0.329 e. The van der Waals surface area contributed by atoms with Crippen LogP contribution in [0.5, 0.6) is 0 Å². The molecule has 2 atom stereocenters. The summed E-state index contributed by atoms with van der Waals surface area (Å²) in [5.74, 6) is -0.181. The van der Waals surface area contributed by atoms with Crippen LogP contribution >= 0.6 is 0 Å². The smallest absolute Gasteiger partial charge is 0.319 e. The maximum absolute atomic E-state index is 13.5. The maximum atomic E-state index is 13.5. The lowest BCUT2D eigenvalue weighted by molar-refractivity contribution is -0.902. The third-order valence-corrected chi connectivity index (χ3v) is 6.51. The molecule has 0 bridgehead atoms. The summed E-state index contributed by atoms with van der Waals surface area (Å²) >= 11 is 0. The molecular formula is C26H26N3O2+. The summed E-state index contributed by atoms with van der Waals surface area (Å²) in [6.07, 6.45) is 3.17. The van der Waals surface area contributed by atoms with E-state index in [9.17, 15) is 9.59 Å². The molecule has 3 aromatic carbocycles. The summed E-state index contributed by atoms with van der Waals surface area (Å²) in [7, 11) is 0. The van der Waals surface area contributed by atoms with Gasteiger partial charge in [0.25, 0.3) is 5.91 Å². The monoisotopic (exact) mass is 412 g/mol. The Hall–Kier alpha value is -3.44. The second-order valence-corrected chi connectivity index (χ2v) is 8.52. The van der Waals surface area contributed by atoms with Crippen molar-refractivity contribution in [3.63, 3.8) is 0 Å². The molecule has 0 aliphatic carbocycles. The Labute approximate surface area is 182 Å². The number of carbonyl (C=O) groups is 2. The van der Waals surface area contributed by atoms with E-state index in [1.165, 1.54) is 20.9 Å². The van der Waals surface area contributed by atoms with Crippen molar-refractivity contribution in [2.45, 2.75) is 18.9 Å². The van der Waals surface area contributed by atoms with Crippen molar-refractivity contribution in [3.05, 3.63) is 90.0 Å². The van der Waals surface area contributed by atoms with E-state index in [1.54, 1.807) is 0 Å². The molecule has 0 radical (unpaired) electrons. The van der Waals surface area contributed by atoms with Gasteiger partial charge in [0.15, 0.2) is 6.67 Å². The molecule has 156 valence electrons. The van der Waals surface area contributed by atoms with Gasteiger partial charge < -0.3 is 10.2 Å². The fourth-order valence-corrected chi connectivity index (χ4v) is 4.75. The van der Waals surface area contributed by atoms with Gasteiger partial charge in [0.1, 0.15) is 5.54 Å². The number of hydrogen-bond donors (Lipinski definition) is 2. The molecule has 0 spiro atoms. The van der Waals surface area contributed by atoms with Gasteiger partial charge in [-0.1, -0.05) is 72.8 Å². The molecule has 1 fully saturated rings. The van der Waals surface area contributed by atoms with Crippen molar-refractivity contribution in [1.29, 1.82) is 0 Å². The Morgan fingerprint density at radius 2 is 1.71 bits per heavy atom. The number of amides is 3. The molecule has 2 aliphatic heterocycles. The number of rotatable bonds is 4. The summed E-state index contributed by atoms with van der Waals surface area (Å²) in [5, 5.41) is 5.02. The summed E-state index contributed by atoms with van der Waals surface area (Å²) in [4.78, 5) is 28.9. The van der Waals surface area contributed by atoms with Crippen molar-refractivity contribution in [3.8, 4) is 0 Å². The molecule has 3 amide bonds. The van der Waals surface area contributed by atoms with Crippen LogP contribution in [0.4, 0.5) is 4.79 Å². The zero-order chi connectivity index (χ0) is 21.4. The molecule has 1 saturated heterocycles. The van der Waals surface area contributed by atoms with Crippen LogP contribution in [-0.4, -0.2) is 36.6 Å². The van der Waals surface area contributed by atoms with Crippen molar-refractivity contribution in [1.82, 2.24) is 10.2 Å². The third kappa shape index (κ3) is 3.41. The highest BCUT2D eigenvalue weighted by molar-refractivity contribution is 6.09. The molecule has 5 nitrogen and oxygen atoms in total. The molecule has 5 heteroatoms. The number of nitrogens with zero attached hydrogens (tertiary/aromatic N) is 1. The predicted molar refractivity (Wildman–Crippen MR) is 121 cm³/mol. The number of benzene rings is 3. The van der Waals surface area contributed by atoms with Crippen molar-refractivity contribution < 1.29 is 14.5 Å². The van der Waals surface area contributed by atoms with Crippen molar-refractivity contribution in [2.75, 3.05) is 19.8 Å². The van der Waals surface area contributed by atoms with E-state index in [0.717, 1.165) is 35.8 Å². The Morgan fingerprint density at radius 3 is 2.48 bits per heavy atom. The highest BCUT2D eigenvalue weighted by Crippen LogP contribution is 2.33. The number of quaternary nitrogens is 1. The lowest BCUT2D eigenvalue weighted by atomic mass is 9.88.